The van der Waals surface area contributed by atoms with Crippen LogP contribution >= 0.6 is 0 Å². The third-order valence-corrected chi connectivity index (χ3v) is 3.97. The number of ether oxygens (including phenoxy) is 1. The topological polar surface area (TPSA) is 26.3 Å². The average Bonchev–Trinajstić information content (AvgIpc) is 2.50. The number of hydrogen-bond donors (Lipinski definition) is 0. The van der Waals surface area contributed by atoms with Crippen LogP contribution in [0.1, 0.15) is 46.5 Å². The molecule has 2 aromatic carbocycles. The van der Waals surface area contributed by atoms with Crippen molar-refractivity contribution in [3.05, 3.63) is 64.2 Å². The molecule has 0 bridgehead atoms. The number of carbonyl (C=O) groups excluding carboxylic acids is 1. The molecule has 0 aliphatic rings. The molecule has 0 heterocycles. The van der Waals surface area contributed by atoms with E-state index in [9.17, 15) is 4.79 Å². The maximum atomic E-state index is 10.9. The molecule has 116 valence electrons. The van der Waals surface area contributed by atoms with E-state index in [1.54, 1.807) is 0 Å². The molecule has 0 radical (unpaired) electrons. The largest absolute Gasteiger partial charge is 0.489 e. The van der Waals surface area contributed by atoms with Crippen molar-refractivity contribution in [1.29, 1.82) is 0 Å². The van der Waals surface area contributed by atoms with E-state index >= 15 is 0 Å². The van der Waals surface area contributed by atoms with E-state index in [2.05, 4.69) is 38.1 Å². The summed E-state index contributed by atoms with van der Waals surface area (Å²) < 4.78 is 5.91. The Morgan fingerprint density at radius 1 is 0.955 bits per heavy atom. The van der Waals surface area contributed by atoms with Crippen molar-refractivity contribution in [2.45, 2.75) is 40.7 Å². The summed E-state index contributed by atoms with van der Waals surface area (Å²) in [6.07, 6.45) is 1.99. The molecule has 0 aliphatic heterocycles. The fourth-order valence-corrected chi connectivity index (χ4v) is 2.50. The summed E-state index contributed by atoms with van der Waals surface area (Å²) in [5.41, 5.74) is 5.26. The first-order valence-corrected chi connectivity index (χ1v) is 7.77. The minimum atomic E-state index is 0.544. The fraction of sp³-hybridized carbons (Fsp3) is 0.350. The molecule has 0 N–H and O–H groups in total. The zero-order chi connectivity index (χ0) is 16.1. The van der Waals surface area contributed by atoms with Crippen molar-refractivity contribution in [3.8, 4) is 5.75 Å². The molecule has 2 rings (SSSR count). The summed E-state index contributed by atoms with van der Waals surface area (Å²) in [6.45, 7) is 8.94. The van der Waals surface area contributed by atoms with Gasteiger partial charge in [0.25, 0.3) is 0 Å². The summed E-state index contributed by atoms with van der Waals surface area (Å²) in [5.74, 6) is 1.51. The molecule has 2 heteroatoms. The van der Waals surface area contributed by atoms with Crippen LogP contribution in [-0.4, -0.2) is 6.29 Å². The third kappa shape index (κ3) is 3.97. The standard InChI is InChI=1S/C20H24O2/c1-14(2)11-17-5-7-18(8-6-17)13-22-20-10-9-19(12-21)15(3)16(20)4/h5-10,12,14H,11,13H2,1-4H3. The van der Waals surface area contributed by atoms with Crippen LogP contribution in [0.25, 0.3) is 0 Å². The zero-order valence-electron chi connectivity index (χ0n) is 13.8. The summed E-state index contributed by atoms with van der Waals surface area (Å²) in [6, 6.07) is 12.3. The Kier molecular flexibility index (Phi) is 5.37. The molecule has 2 aromatic rings. The Hall–Kier alpha value is -2.09. The Morgan fingerprint density at radius 2 is 1.59 bits per heavy atom. The van der Waals surface area contributed by atoms with E-state index in [4.69, 9.17) is 4.74 Å². The van der Waals surface area contributed by atoms with Gasteiger partial charge < -0.3 is 4.74 Å². The highest BCUT2D eigenvalue weighted by atomic mass is 16.5. The van der Waals surface area contributed by atoms with Gasteiger partial charge >= 0.3 is 0 Å². The first-order valence-electron chi connectivity index (χ1n) is 7.77. The van der Waals surface area contributed by atoms with Gasteiger partial charge in [0, 0.05) is 5.56 Å². The number of carbonyl (C=O) groups is 1. The Balaban J connectivity index is 2.04. The summed E-state index contributed by atoms with van der Waals surface area (Å²) >= 11 is 0. The van der Waals surface area contributed by atoms with Crippen LogP contribution in [0, 0.1) is 19.8 Å². The molecule has 2 nitrogen and oxygen atoms in total. The van der Waals surface area contributed by atoms with E-state index in [-0.39, 0.29) is 0 Å². The first kappa shape index (κ1) is 16.3. The zero-order valence-corrected chi connectivity index (χ0v) is 13.8. The minimum absolute atomic E-state index is 0.544. The van der Waals surface area contributed by atoms with Crippen LogP contribution in [0.2, 0.25) is 0 Å². The summed E-state index contributed by atoms with van der Waals surface area (Å²) in [5, 5.41) is 0. The maximum absolute atomic E-state index is 10.9. The maximum Gasteiger partial charge on any atom is 0.150 e. The van der Waals surface area contributed by atoms with E-state index in [0.717, 1.165) is 40.7 Å². The van der Waals surface area contributed by atoms with Crippen LogP contribution < -0.4 is 4.74 Å². The van der Waals surface area contributed by atoms with Gasteiger partial charge in [0.15, 0.2) is 0 Å². The van der Waals surface area contributed by atoms with Crippen molar-refractivity contribution < 1.29 is 9.53 Å². The van der Waals surface area contributed by atoms with Gasteiger partial charge in [-0.05, 0) is 60.6 Å². The smallest absolute Gasteiger partial charge is 0.150 e. The predicted molar refractivity (Wildman–Crippen MR) is 90.6 cm³/mol. The number of aldehydes is 1. The van der Waals surface area contributed by atoms with Gasteiger partial charge in [-0.3, -0.25) is 4.79 Å². The molecule has 0 aliphatic carbocycles. The summed E-state index contributed by atoms with van der Waals surface area (Å²) in [7, 11) is 0. The molecule has 0 amide bonds. The quantitative estimate of drug-likeness (QED) is 0.709. The molecule has 0 saturated heterocycles. The summed E-state index contributed by atoms with van der Waals surface area (Å²) in [4.78, 5) is 10.9. The molecule has 0 atom stereocenters. The van der Waals surface area contributed by atoms with E-state index in [0.29, 0.717) is 12.5 Å². The van der Waals surface area contributed by atoms with Crippen LogP contribution in [0.15, 0.2) is 36.4 Å². The van der Waals surface area contributed by atoms with Gasteiger partial charge in [0.1, 0.15) is 18.6 Å². The van der Waals surface area contributed by atoms with Crippen LogP contribution in [0.3, 0.4) is 0 Å². The second-order valence-corrected chi connectivity index (χ2v) is 6.22. The molecular weight excluding hydrogens is 272 g/mol. The lowest BCUT2D eigenvalue weighted by Crippen LogP contribution is -2.00. The van der Waals surface area contributed by atoms with Crippen molar-refractivity contribution in [3.63, 3.8) is 0 Å². The average molecular weight is 296 g/mol. The van der Waals surface area contributed by atoms with Crippen molar-refractivity contribution in [2.75, 3.05) is 0 Å². The third-order valence-electron chi connectivity index (χ3n) is 3.97. The predicted octanol–water partition coefficient (Wildman–Crippen LogP) is 4.89. The number of benzene rings is 2. The van der Waals surface area contributed by atoms with Gasteiger partial charge in [-0.2, -0.15) is 0 Å². The van der Waals surface area contributed by atoms with E-state index in [1.807, 2.05) is 26.0 Å². The highest BCUT2D eigenvalue weighted by Crippen LogP contribution is 2.24. The monoisotopic (exact) mass is 296 g/mol. The molecule has 0 unspecified atom stereocenters. The second kappa shape index (κ2) is 7.26. The van der Waals surface area contributed by atoms with Gasteiger partial charge in [-0.25, -0.2) is 0 Å². The molecule has 0 saturated carbocycles. The second-order valence-electron chi connectivity index (χ2n) is 6.22. The van der Waals surface area contributed by atoms with Gasteiger partial charge in [-0.15, -0.1) is 0 Å². The van der Waals surface area contributed by atoms with Crippen molar-refractivity contribution >= 4 is 6.29 Å². The van der Waals surface area contributed by atoms with Crippen molar-refractivity contribution in [1.82, 2.24) is 0 Å². The van der Waals surface area contributed by atoms with Crippen LogP contribution in [0.5, 0.6) is 5.75 Å². The van der Waals surface area contributed by atoms with E-state index < -0.39 is 0 Å². The van der Waals surface area contributed by atoms with E-state index in [1.165, 1.54) is 5.56 Å². The molecule has 0 aromatic heterocycles. The molecule has 22 heavy (non-hydrogen) atoms. The lowest BCUT2D eigenvalue weighted by atomic mass is 10.0. The normalized spacial score (nSPS) is 10.8. The van der Waals surface area contributed by atoms with Gasteiger partial charge in [0.2, 0.25) is 0 Å². The lowest BCUT2D eigenvalue weighted by molar-refractivity contribution is 0.112. The molecule has 0 fully saturated rings. The first-order chi connectivity index (χ1) is 10.5. The molecular formula is C20H24O2. The van der Waals surface area contributed by atoms with Crippen molar-refractivity contribution in [2.24, 2.45) is 5.92 Å². The Labute approximate surface area is 133 Å². The lowest BCUT2D eigenvalue weighted by Gasteiger charge is -2.13. The van der Waals surface area contributed by atoms with Gasteiger partial charge in [0.05, 0.1) is 0 Å². The Bertz CT molecular complexity index is 640. The van der Waals surface area contributed by atoms with Gasteiger partial charge in [-0.1, -0.05) is 38.1 Å². The fourth-order valence-electron chi connectivity index (χ4n) is 2.50. The Morgan fingerprint density at radius 3 is 2.18 bits per heavy atom. The van der Waals surface area contributed by atoms with Crippen LogP contribution in [-0.2, 0) is 13.0 Å². The van der Waals surface area contributed by atoms with Crippen LogP contribution in [0.4, 0.5) is 0 Å². The molecule has 0 spiro atoms. The highest BCUT2D eigenvalue weighted by Gasteiger charge is 2.07. The number of rotatable bonds is 6. The number of hydrogen-bond acceptors (Lipinski definition) is 2. The minimum Gasteiger partial charge on any atom is -0.489 e. The highest BCUT2D eigenvalue weighted by molar-refractivity contribution is 5.78. The SMILES string of the molecule is Cc1c(C=O)ccc(OCc2ccc(CC(C)C)cc2)c1C.